The molecule has 19 heteroatoms. The summed E-state index contributed by atoms with van der Waals surface area (Å²) >= 11 is 0. The molecule has 0 aromatic heterocycles. The second-order valence-electron chi connectivity index (χ2n) is 16.3. The van der Waals surface area contributed by atoms with Crippen LogP contribution in [0, 0.1) is 0 Å². The Labute approximate surface area is 418 Å². The minimum atomic E-state index is -3.81. The minimum absolute atomic E-state index is 0.0197. The van der Waals surface area contributed by atoms with E-state index in [4.69, 9.17) is 47.2 Å². The average Bonchev–Trinajstić information content (AvgIpc) is 3.42. The third kappa shape index (κ3) is 13.1. The van der Waals surface area contributed by atoms with Gasteiger partial charge in [-0.3, -0.25) is 0 Å². The molecule has 2 fully saturated rings. The van der Waals surface area contributed by atoms with Crippen LogP contribution in [0.1, 0.15) is 69.1 Å². The summed E-state index contributed by atoms with van der Waals surface area (Å²) in [6.07, 6.45) is -18.0. The first-order valence-corrected chi connectivity index (χ1v) is 23.8. The maximum Gasteiger partial charge on any atom is 0.491 e. The molecular formula is C54H45O18P. The molecule has 2 aliphatic heterocycles. The van der Waals surface area contributed by atoms with Gasteiger partial charge in [-0.2, -0.15) is 0 Å². The first-order chi connectivity index (χ1) is 35.4. The number of rotatable bonds is 17. The largest absolute Gasteiger partial charge is 0.566 e. The van der Waals surface area contributed by atoms with E-state index in [1.807, 2.05) is 0 Å². The summed E-state index contributed by atoms with van der Waals surface area (Å²) in [4.78, 5) is 96.2. The zero-order valence-electron chi connectivity index (χ0n) is 38.6. The summed E-state index contributed by atoms with van der Waals surface area (Å²) in [6.45, 7) is 0.674. The molecule has 1 unspecified atom stereocenters. The number of ether oxygens (including phenoxy) is 9. The fourth-order valence-corrected chi connectivity index (χ4v) is 8.25. The standard InChI is InChI=1S/C54H45O18P/c1-33-41(66-48(56)35-22-10-3-11-23-35)43(67-49(57)36-24-12-4-13-25-36)45(69-51(59)38-28-16-6-17-29-38)53(64-33)71-42-40(32-63-47(55)34-20-8-2-9-21-34)65-54(72-73(61)62)46(70-52(60)39-30-18-7-19-31-39)44(42)68-50(58)37-26-14-5-15-27-37/h2-31,33,40-46,53-54H,32H2,1H3/t33-,40-,41+,42-,43+,44+,45-,46+,53+,54-/m1/s1. The van der Waals surface area contributed by atoms with Gasteiger partial charge in [-0.05, 0) is 84.3 Å². The van der Waals surface area contributed by atoms with Crippen molar-refractivity contribution in [2.24, 2.45) is 0 Å². The highest BCUT2D eigenvalue weighted by Gasteiger charge is 2.58. The van der Waals surface area contributed by atoms with Gasteiger partial charge < -0.3 is 47.5 Å². The zero-order valence-corrected chi connectivity index (χ0v) is 39.5. The molecule has 11 atom stereocenters. The topological polar surface area (TPSA) is 235 Å². The van der Waals surface area contributed by atoms with Crippen molar-refractivity contribution in [1.29, 1.82) is 0 Å². The molecule has 6 aromatic rings. The summed E-state index contributed by atoms with van der Waals surface area (Å²) in [5.41, 5.74) is 0.251. The predicted octanol–water partition coefficient (Wildman–Crippen LogP) is 6.86. The van der Waals surface area contributed by atoms with Crippen molar-refractivity contribution in [2.45, 2.75) is 68.3 Å². The summed E-state index contributed by atoms with van der Waals surface area (Å²) in [7, 11) is -3.81. The van der Waals surface area contributed by atoms with Crippen LogP contribution in [0.25, 0.3) is 0 Å². The molecule has 2 heterocycles. The van der Waals surface area contributed by atoms with Gasteiger partial charge in [-0.15, -0.1) is 4.52 Å². The number of hydrogen-bond donors (Lipinski definition) is 0. The fraction of sp³-hybridized carbons (Fsp3) is 0.222. The highest BCUT2D eigenvalue weighted by atomic mass is 31.1. The monoisotopic (exact) mass is 1010 g/mol. The van der Waals surface area contributed by atoms with Crippen LogP contribution in [0.5, 0.6) is 0 Å². The van der Waals surface area contributed by atoms with E-state index in [1.54, 1.807) is 97.1 Å². The summed E-state index contributed by atoms with van der Waals surface area (Å²) in [5.74, 6) is -5.77. The van der Waals surface area contributed by atoms with Gasteiger partial charge in [0.15, 0.2) is 36.8 Å². The van der Waals surface area contributed by atoms with Crippen LogP contribution in [0.4, 0.5) is 0 Å². The maximum absolute atomic E-state index is 14.2. The molecule has 8 rings (SSSR count). The van der Waals surface area contributed by atoms with Gasteiger partial charge in [0.05, 0.1) is 39.5 Å². The summed E-state index contributed by atoms with van der Waals surface area (Å²) < 4.78 is 73.2. The van der Waals surface area contributed by atoms with Crippen molar-refractivity contribution in [3.8, 4) is 0 Å². The highest BCUT2D eigenvalue weighted by molar-refractivity contribution is 7.30. The molecular weight excluding hydrogens is 968 g/mol. The molecule has 374 valence electrons. The number of hydrogen-bond acceptors (Lipinski definition) is 18. The van der Waals surface area contributed by atoms with Crippen LogP contribution in [0.2, 0.25) is 0 Å². The Morgan fingerprint density at radius 2 is 0.712 bits per heavy atom. The zero-order chi connectivity index (χ0) is 51.3. The van der Waals surface area contributed by atoms with E-state index in [0.29, 0.717) is 0 Å². The Morgan fingerprint density at radius 3 is 1.07 bits per heavy atom. The van der Waals surface area contributed by atoms with Gasteiger partial charge in [-0.25, -0.2) is 28.8 Å². The minimum Gasteiger partial charge on any atom is -0.566 e. The molecule has 73 heavy (non-hydrogen) atoms. The van der Waals surface area contributed by atoms with E-state index in [-0.39, 0.29) is 33.4 Å². The number of benzene rings is 6. The van der Waals surface area contributed by atoms with E-state index < -0.39 is 112 Å². The lowest BCUT2D eigenvalue weighted by Gasteiger charge is -2.48. The Hall–Kier alpha value is -7.96. The molecule has 0 amide bonds. The van der Waals surface area contributed by atoms with Crippen LogP contribution >= 0.6 is 8.25 Å². The Morgan fingerprint density at radius 1 is 0.411 bits per heavy atom. The van der Waals surface area contributed by atoms with Gasteiger partial charge in [0, 0.05) is 0 Å². The van der Waals surface area contributed by atoms with Crippen molar-refractivity contribution < 1.29 is 85.4 Å². The van der Waals surface area contributed by atoms with Crippen LogP contribution in [0.3, 0.4) is 0 Å². The van der Waals surface area contributed by atoms with E-state index in [1.165, 1.54) is 91.9 Å². The number of esters is 6. The molecule has 18 nitrogen and oxygen atoms in total. The maximum atomic E-state index is 14.2. The molecule has 2 aliphatic rings. The van der Waals surface area contributed by atoms with Gasteiger partial charge in [0.25, 0.3) is 6.29 Å². The van der Waals surface area contributed by atoms with Crippen LogP contribution < -0.4 is 4.89 Å². The Bertz CT molecular complexity index is 2840. The summed E-state index contributed by atoms with van der Waals surface area (Å²) in [6, 6.07) is 46.2. The molecule has 6 aromatic carbocycles. The van der Waals surface area contributed by atoms with Gasteiger partial charge in [0.1, 0.15) is 18.8 Å². The summed E-state index contributed by atoms with van der Waals surface area (Å²) in [5, 5.41) is 0. The van der Waals surface area contributed by atoms with E-state index in [2.05, 4.69) is 0 Å². The van der Waals surface area contributed by atoms with Crippen molar-refractivity contribution in [1.82, 2.24) is 0 Å². The lowest BCUT2D eigenvalue weighted by atomic mass is 9.96. The SMILES string of the molecule is C[C@H]1O[C@@H](O[C@H]2[C@H](OC(=O)c3ccccc3)[C@H](OC(=O)c3ccccc3)[C@@H](O[P+](=O)[O-])O[C@@H]2COC(=O)c2ccccc2)[C@H](OC(=O)c2ccccc2)[C@@H](OC(=O)c2ccccc2)[C@H]1OC(=O)c1ccccc1. The Kier molecular flexibility index (Phi) is 17.2. The Balaban J connectivity index is 1.25. The van der Waals surface area contributed by atoms with Gasteiger partial charge in [0.2, 0.25) is 0 Å². The predicted molar refractivity (Wildman–Crippen MR) is 252 cm³/mol. The van der Waals surface area contributed by atoms with E-state index >= 15 is 0 Å². The lowest BCUT2D eigenvalue weighted by molar-refractivity contribution is -0.348. The van der Waals surface area contributed by atoms with Crippen LogP contribution in [-0.2, 0) is 51.7 Å². The molecule has 2 saturated heterocycles. The van der Waals surface area contributed by atoms with Crippen LogP contribution in [-0.4, -0.2) is 104 Å². The van der Waals surface area contributed by atoms with Gasteiger partial charge >= 0.3 is 44.1 Å². The second-order valence-corrected chi connectivity index (χ2v) is 17.0. The smallest absolute Gasteiger partial charge is 0.491 e. The third-order valence-electron chi connectivity index (χ3n) is 11.5. The molecule has 0 bridgehead atoms. The van der Waals surface area contributed by atoms with Crippen LogP contribution in [0.15, 0.2) is 182 Å². The lowest BCUT2D eigenvalue weighted by Crippen LogP contribution is -2.66. The molecule has 0 aliphatic carbocycles. The normalized spacial score (nSPS) is 23.6. The molecule has 0 saturated carbocycles. The van der Waals surface area contributed by atoms with E-state index in [0.717, 1.165) is 0 Å². The quantitative estimate of drug-likeness (QED) is 0.0515. The van der Waals surface area contributed by atoms with Crippen molar-refractivity contribution >= 4 is 44.1 Å². The second kappa shape index (κ2) is 24.4. The first-order valence-electron chi connectivity index (χ1n) is 22.7. The third-order valence-corrected chi connectivity index (χ3v) is 11.8. The van der Waals surface area contributed by atoms with Crippen molar-refractivity contribution in [3.63, 3.8) is 0 Å². The first kappa shape index (κ1) is 51.4. The van der Waals surface area contributed by atoms with E-state index in [9.17, 15) is 38.2 Å². The van der Waals surface area contributed by atoms with Gasteiger partial charge in [-0.1, -0.05) is 109 Å². The molecule has 0 radical (unpaired) electrons. The fourth-order valence-electron chi connectivity index (χ4n) is 7.91. The molecule has 0 N–H and O–H groups in total. The highest BCUT2D eigenvalue weighted by Crippen LogP contribution is 2.38. The van der Waals surface area contributed by atoms with Crippen molar-refractivity contribution in [3.05, 3.63) is 215 Å². The number of carbonyl (C=O) groups is 6. The molecule has 0 spiro atoms. The number of carbonyl (C=O) groups excluding carboxylic acids is 6. The van der Waals surface area contributed by atoms with Crippen molar-refractivity contribution in [2.75, 3.05) is 6.61 Å². The average molecular weight is 1010 g/mol.